The zero-order valence-corrected chi connectivity index (χ0v) is 11.0. The molecule has 0 atom stereocenters. The Hall–Kier alpha value is -1.69. The molecule has 0 aliphatic heterocycles. The van der Waals surface area contributed by atoms with E-state index in [1.165, 1.54) is 36.4 Å². The van der Waals surface area contributed by atoms with Gasteiger partial charge in [-0.05, 0) is 42.5 Å². The van der Waals surface area contributed by atoms with Crippen molar-refractivity contribution in [1.29, 1.82) is 0 Å². The van der Waals surface area contributed by atoms with Crippen LogP contribution in [0.3, 0.4) is 0 Å². The highest BCUT2D eigenvalue weighted by molar-refractivity contribution is 9.10. The van der Waals surface area contributed by atoms with Gasteiger partial charge in [0.25, 0.3) is 0 Å². The highest BCUT2D eigenvalue weighted by Crippen LogP contribution is 2.39. The average Bonchev–Trinajstić information content (AvgIpc) is 2.33. The molecule has 1 N–H and O–H groups in total. The summed E-state index contributed by atoms with van der Waals surface area (Å²) < 4.78 is 44.1. The number of hydrogen-bond acceptors (Lipinski definition) is 2. The predicted molar refractivity (Wildman–Crippen MR) is 67.3 cm³/mol. The first-order valence-corrected chi connectivity index (χ1v) is 5.99. The van der Waals surface area contributed by atoms with Gasteiger partial charge in [-0.1, -0.05) is 15.9 Å². The van der Waals surface area contributed by atoms with Crippen LogP contribution in [0.1, 0.15) is 5.56 Å². The maximum atomic E-state index is 12.9. The van der Waals surface area contributed by atoms with E-state index in [4.69, 9.17) is 9.84 Å². The second-order valence-corrected chi connectivity index (χ2v) is 4.65. The molecule has 0 saturated carbocycles. The molecule has 0 aromatic heterocycles. The molecule has 0 bridgehead atoms. The molecule has 19 heavy (non-hydrogen) atoms. The van der Waals surface area contributed by atoms with E-state index in [2.05, 4.69) is 15.9 Å². The zero-order valence-electron chi connectivity index (χ0n) is 9.41. The van der Waals surface area contributed by atoms with Crippen LogP contribution in [0.5, 0.6) is 17.2 Å². The van der Waals surface area contributed by atoms with Crippen molar-refractivity contribution in [3.05, 3.63) is 52.5 Å². The Labute approximate surface area is 115 Å². The molecule has 0 spiro atoms. The third-order valence-corrected chi connectivity index (χ3v) is 2.80. The first-order chi connectivity index (χ1) is 8.86. The summed E-state index contributed by atoms with van der Waals surface area (Å²) in [5, 5.41) is 9.10. The lowest BCUT2D eigenvalue weighted by atomic mass is 10.2. The number of benzene rings is 2. The summed E-state index contributed by atoms with van der Waals surface area (Å²) in [7, 11) is 0. The monoisotopic (exact) mass is 332 g/mol. The standard InChI is InChI=1S/C13H8BrF3O2/c14-8-1-6-12(11(7-8)13(15,16)17)19-10-4-2-9(18)3-5-10/h1-7,18H. The Morgan fingerprint density at radius 2 is 1.63 bits per heavy atom. The van der Waals surface area contributed by atoms with Gasteiger partial charge in [-0.3, -0.25) is 0 Å². The molecule has 100 valence electrons. The van der Waals surface area contributed by atoms with E-state index in [-0.39, 0.29) is 17.2 Å². The lowest BCUT2D eigenvalue weighted by molar-refractivity contribution is -0.138. The third kappa shape index (κ3) is 3.41. The topological polar surface area (TPSA) is 29.5 Å². The SMILES string of the molecule is Oc1ccc(Oc2ccc(Br)cc2C(F)(F)F)cc1. The molecular formula is C13H8BrF3O2. The summed E-state index contributed by atoms with van der Waals surface area (Å²) in [4.78, 5) is 0. The van der Waals surface area contributed by atoms with Crippen molar-refractivity contribution in [3.63, 3.8) is 0 Å². The van der Waals surface area contributed by atoms with Crippen molar-refractivity contribution < 1.29 is 23.0 Å². The predicted octanol–water partition coefficient (Wildman–Crippen LogP) is 4.97. The molecule has 0 fully saturated rings. The van der Waals surface area contributed by atoms with Gasteiger partial charge in [0.15, 0.2) is 0 Å². The minimum Gasteiger partial charge on any atom is -0.508 e. The molecule has 0 aliphatic rings. The van der Waals surface area contributed by atoms with Crippen LogP contribution in [0.4, 0.5) is 13.2 Å². The maximum absolute atomic E-state index is 12.9. The lowest BCUT2D eigenvalue weighted by Crippen LogP contribution is -2.07. The second kappa shape index (κ2) is 5.13. The quantitative estimate of drug-likeness (QED) is 0.841. The number of alkyl halides is 3. The fourth-order valence-electron chi connectivity index (χ4n) is 1.45. The average molecular weight is 333 g/mol. The van der Waals surface area contributed by atoms with Crippen molar-refractivity contribution in [2.75, 3.05) is 0 Å². The van der Waals surface area contributed by atoms with Crippen molar-refractivity contribution >= 4 is 15.9 Å². The smallest absolute Gasteiger partial charge is 0.420 e. The molecule has 6 heteroatoms. The molecular weight excluding hydrogens is 325 g/mol. The first-order valence-electron chi connectivity index (χ1n) is 5.20. The molecule has 2 rings (SSSR count). The van der Waals surface area contributed by atoms with Crippen molar-refractivity contribution in [1.82, 2.24) is 0 Å². The lowest BCUT2D eigenvalue weighted by Gasteiger charge is -2.14. The van der Waals surface area contributed by atoms with Gasteiger partial charge in [0, 0.05) is 4.47 Å². The third-order valence-electron chi connectivity index (χ3n) is 2.31. The van der Waals surface area contributed by atoms with E-state index in [0.717, 1.165) is 6.07 Å². The highest BCUT2D eigenvalue weighted by atomic mass is 79.9. The highest BCUT2D eigenvalue weighted by Gasteiger charge is 2.34. The van der Waals surface area contributed by atoms with Gasteiger partial charge in [0.1, 0.15) is 17.2 Å². The van der Waals surface area contributed by atoms with Gasteiger partial charge in [0.05, 0.1) is 5.56 Å². The summed E-state index contributed by atoms with van der Waals surface area (Å²) in [6.45, 7) is 0. The van der Waals surface area contributed by atoms with Crippen LogP contribution in [-0.2, 0) is 6.18 Å². The Balaban J connectivity index is 2.37. The largest absolute Gasteiger partial charge is 0.508 e. The van der Waals surface area contributed by atoms with Crippen LogP contribution in [0.15, 0.2) is 46.9 Å². The van der Waals surface area contributed by atoms with Crippen LogP contribution in [0.2, 0.25) is 0 Å². The second-order valence-electron chi connectivity index (χ2n) is 3.73. The zero-order chi connectivity index (χ0) is 14.0. The van der Waals surface area contributed by atoms with E-state index in [9.17, 15) is 13.2 Å². The minimum atomic E-state index is -4.50. The van der Waals surface area contributed by atoms with Crippen molar-refractivity contribution in [2.45, 2.75) is 6.18 Å². The fraction of sp³-hybridized carbons (Fsp3) is 0.0769. The van der Waals surface area contributed by atoms with Crippen LogP contribution in [0, 0.1) is 0 Å². The first kappa shape index (κ1) is 13.7. The fourth-order valence-corrected chi connectivity index (χ4v) is 1.81. The van der Waals surface area contributed by atoms with E-state index < -0.39 is 11.7 Å². The number of ether oxygens (including phenoxy) is 1. The molecule has 0 saturated heterocycles. The minimum absolute atomic E-state index is 0.0131. The number of phenols is 1. The Bertz CT molecular complexity index is 579. The molecule has 0 aliphatic carbocycles. The molecule has 0 heterocycles. The number of halogens is 4. The molecule has 0 radical (unpaired) electrons. The van der Waals surface area contributed by atoms with Crippen LogP contribution in [-0.4, -0.2) is 5.11 Å². The Kier molecular flexibility index (Phi) is 3.71. The van der Waals surface area contributed by atoms with Crippen molar-refractivity contribution in [2.24, 2.45) is 0 Å². The van der Waals surface area contributed by atoms with Gasteiger partial charge < -0.3 is 9.84 Å². The van der Waals surface area contributed by atoms with E-state index in [1.807, 2.05) is 0 Å². The normalized spacial score (nSPS) is 11.4. The Morgan fingerprint density at radius 3 is 2.21 bits per heavy atom. The Morgan fingerprint density at radius 1 is 1.00 bits per heavy atom. The number of rotatable bonds is 2. The summed E-state index contributed by atoms with van der Waals surface area (Å²) in [5.41, 5.74) is -0.866. The van der Waals surface area contributed by atoms with Gasteiger partial charge in [-0.15, -0.1) is 0 Å². The number of hydrogen-bond donors (Lipinski definition) is 1. The molecule has 0 unspecified atom stereocenters. The van der Waals surface area contributed by atoms with E-state index in [1.54, 1.807) is 0 Å². The molecule has 2 aromatic rings. The maximum Gasteiger partial charge on any atom is 0.420 e. The van der Waals surface area contributed by atoms with E-state index >= 15 is 0 Å². The molecule has 2 aromatic carbocycles. The summed E-state index contributed by atoms with van der Waals surface area (Å²) in [6.07, 6.45) is -4.50. The van der Waals surface area contributed by atoms with Gasteiger partial charge in [-0.2, -0.15) is 13.2 Å². The van der Waals surface area contributed by atoms with Crippen LogP contribution in [0.25, 0.3) is 0 Å². The summed E-state index contributed by atoms with van der Waals surface area (Å²) >= 11 is 3.00. The molecule has 2 nitrogen and oxygen atoms in total. The van der Waals surface area contributed by atoms with Gasteiger partial charge >= 0.3 is 6.18 Å². The van der Waals surface area contributed by atoms with Crippen molar-refractivity contribution in [3.8, 4) is 17.2 Å². The van der Waals surface area contributed by atoms with Gasteiger partial charge in [-0.25, -0.2) is 0 Å². The van der Waals surface area contributed by atoms with Crippen LogP contribution >= 0.6 is 15.9 Å². The molecule has 0 amide bonds. The number of aromatic hydroxyl groups is 1. The van der Waals surface area contributed by atoms with Gasteiger partial charge in [0.2, 0.25) is 0 Å². The summed E-state index contributed by atoms with van der Waals surface area (Å²) in [6, 6.07) is 9.10. The van der Waals surface area contributed by atoms with E-state index in [0.29, 0.717) is 4.47 Å². The summed E-state index contributed by atoms with van der Waals surface area (Å²) in [5.74, 6) is -0.0637. The number of phenolic OH excluding ortho intramolecular Hbond substituents is 1. The van der Waals surface area contributed by atoms with Crippen LogP contribution < -0.4 is 4.74 Å².